The first kappa shape index (κ1) is 19.0. The second-order valence-corrected chi connectivity index (χ2v) is 7.69. The highest BCUT2D eigenvalue weighted by Gasteiger charge is 2.25. The summed E-state index contributed by atoms with van der Waals surface area (Å²) >= 11 is 6.33. The van der Waals surface area contributed by atoms with Crippen molar-refractivity contribution in [3.05, 3.63) is 58.9 Å². The van der Waals surface area contributed by atoms with Crippen LogP contribution in [0.3, 0.4) is 0 Å². The third-order valence-electron chi connectivity index (χ3n) is 5.35. The fourth-order valence-corrected chi connectivity index (χ4v) is 4.10. The van der Waals surface area contributed by atoms with Crippen molar-refractivity contribution in [1.82, 2.24) is 9.47 Å². The zero-order chi connectivity index (χ0) is 18.4. The number of halogens is 1. The number of aromatic nitrogens is 1. The number of rotatable bonds is 7. The summed E-state index contributed by atoms with van der Waals surface area (Å²) in [5, 5.41) is 0.790. The molecule has 1 heterocycles. The maximum atomic E-state index is 12.8. The van der Waals surface area contributed by atoms with Crippen LogP contribution in [-0.2, 0) is 17.9 Å². The Morgan fingerprint density at radius 2 is 1.92 bits per heavy atom. The number of benzene rings is 1. The average Bonchev–Trinajstić information content (AvgIpc) is 3.09. The summed E-state index contributed by atoms with van der Waals surface area (Å²) in [6.07, 6.45) is 9.69. The molecule has 0 saturated heterocycles. The minimum atomic E-state index is 0.296. The molecule has 1 aliphatic rings. The lowest BCUT2D eigenvalue weighted by atomic mass is 9.93. The molecule has 0 spiro atoms. The van der Waals surface area contributed by atoms with Crippen LogP contribution in [0.4, 0.5) is 0 Å². The first-order chi connectivity index (χ1) is 12.7. The maximum Gasteiger partial charge on any atom is 0.223 e. The third kappa shape index (κ3) is 4.70. The number of nitrogens with zero attached hydrogens (tertiary/aromatic N) is 2. The molecule has 0 N–H and O–H groups in total. The normalized spacial score (nSPS) is 15.2. The lowest BCUT2D eigenvalue weighted by Crippen LogP contribution is -2.41. The fourth-order valence-electron chi connectivity index (χ4n) is 3.90. The first-order valence-electron chi connectivity index (χ1n) is 9.86. The minimum Gasteiger partial charge on any atom is -0.345 e. The van der Waals surface area contributed by atoms with Crippen LogP contribution in [0.2, 0.25) is 5.02 Å². The van der Waals surface area contributed by atoms with Gasteiger partial charge in [-0.05, 0) is 43.0 Å². The molecular weight excluding hydrogens is 344 g/mol. The maximum absolute atomic E-state index is 12.8. The SMILES string of the molecule is CCCC(=O)N(Cc1cccn1Cc1ccccc1Cl)C1CCCCC1. The molecule has 0 atom stereocenters. The number of carbonyl (C=O) groups excluding carboxylic acids is 1. The Kier molecular flexibility index (Phi) is 6.79. The van der Waals surface area contributed by atoms with Gasteiger partial charge in [0.05, 0.1) is 6.54 Å². The van der Waals surface area contributed by atoms with Crippen molar-refractivity contribution in [3.8, 4) is 0 Å². The van der Waals surface area contributed by atoms with Gasteiger partial charge in [0.1, 0.15) is 0 Å². The highest BCUT2D eigenvalue weighted by molar-refractivity contribution is 6.31. The molecule has 0 radical (unpaired) electrons. The molecule has 0 bridgehead atoms. The molecule has 3 nitrogen and oxygen atoms in total. The fraction of sp³-hybridized carbons (Fsp3) is 0.500. The molecule has 4 heteroatoms. The van der Waals surface area contributed by atoms with Gasteiger partial charge in [0.25, 0.3) is 0 Å². The van der Waals surface area contributed by atoms with Crippen LogP contribution in [0.1, 0.15) is 63.1 Å². The van der Waals surface area contributed by atoms with E-state index in [-0.39, 0.29) is 0 Å². The van der Waals surface area contributed by atoms with Gasteiger partial charge in [0.2, 0.25) is 5.91 Å². The summed E-state index contributed by atoms with van der Waals surface area (Å²) in [5.74, 6) is 0.296. The predicted molar refractivity (Wildman–Crippen MR) is 107 cm³/mol. The molecule has 2 aromatic rings. The zero-order valence-electron chi connectivity index (χ0n) is 15.7. The van der Waals surface area contributed by atoms with Gasteiger partial charge in [-0.25, -0.2) is 0 Å². The van der Waals surface area contributed by atoms with Crippen molar-refractivity contribution in [3.63, 3.8) is 0 Å². The van der Waals surface area contributed by atoms with E-state index in [2.05, 4.69) is 40.8 Å². The van der Waals surface area contributed by atoms with Crippen molar-refractivity contribution in [2.45, 2.75) is 71.0 Å². The van der Waals surface area contributed by atoms with Gasteiger partial charge in [-0.3, -0.25) is 4.79 Å². The molecule has 1 aliphatic carbocycles. The van der Waals surface area contributed by atoms with Gasteiger partial charge >= 0.3 is 0 Å². The highest BCUT2D eigenvalue weighted by Crippen LogP contribution is 2.26. The van der Waals surface area contributed by atoms with E-state index in [1.54, 1.807) is 0 Å². The lowest BCUT2D eigenvalue weighted by molar-refractivity contribution is -0.135. The van der Waals surface area contributed by atoms with Crippen LogP contribution in [-0.4, -0.2) is 21.4 Å². The molecule has 140 valence electrons. The Morgan fingerprint density at radius 1 is 1.15 bits per heavy atom. The summed E-state index contributed by atoms with van der Waals surface area (Å²) in [6.45, 7) is 3.51. The quantitative estimate of drug-likeness (QED) is 0.616. The predicted octanol–water partition coefficient (Wildman–Crippen LogP) is 5.65. The van der Waals surface area contributed by atoms with E-state index in [1.165, 1.54) is 25.0 Å². The third-order valence-corrected chi connectivity index (χ3v) is 5.72. The van der Waals surface area contributed by atoms with Crippen molar-refractivity contribution < 1.29 is 4.79 Å². The Hall–Kier alpha value is -1.74. The lowest BCUT2D eigenvalue weighted by Gasteiger charge is -2.35. The van der Waals surface area contributed by atoms with Gasteiger partial charge in [-0.15, -0.1) is 0 Å². The summed E-state index contributed by atoms with van der Waals surface area (Å²) in [7, 11) is 0. The molecular formula is C22H29ClN2O. The summed E-state index contributed by atoms with van der Waals surface area (Å²) < 4.78 is 2.22. The average molecular weight is 373 g/mol. The van der Waals surface area contributed by atoms with E-state index in [4.69, 9.17) is 11.6 Å². The minimum absolute atomic E-state index is 0.296. The Balaban J connectivity index is 1.77. The largest absolute Gasteiger partial charge is 0.345 e. The van der Waals surface area contributed by atoms with E-state index in [9.17, 15) is 4.79 Å². The van der Waals surface area contributed by atoms with Gasteiger partial charge in [-0.2, -0.15) is 0 Å². The molecule has 1 fully saturated rings. The van der Waals surface area contributed by atoms with Gasteiger partial charge in [-0.1, -0.05) is 56.0 Å². The monoisotopic (exact) mass is 372 g/mol. The first-order valence-corrected chi connectivity index (χ1v) is 10.2. The van der Waals surface area contributed by atoms with E-state index in [1.807, 2.05) is 18.2 Å². The molecule has 3 rings (SSSR count). The summed E-state index contributed by atoms with van der Waals surface area (Å²) in [4.78, 5) is 14.9. The van der Waals surface area contributed by atoms with Crippen LogP contribution in [0.5, 0.6) is 0 Å². The van der Waals surface area contributed by atoms with Crippen molar-refractivity contribution in [1.29, 1.82) is 0 Å². The molecule has 1 amide bonds. The summed E-state index contributed by atoms with van der Waals surface area (Å²) in [6, 6.07) is 12.6. The molecule has 1 aromatic carbocycles. The number of amides is 1. The van der Waals surface area contributed by atoms with E-state index in [0.29, 0.717) is 24.9 Å². The van der Waals surface area contributed by atoms with Crippen molar-refractivity contribution in [2.24, 2.45) is 0 Å². The van der Waals surface area contributed by atoms with Crippen LogP contribution in [0.25, 0.3) is 0 Å². The van der Waals surface area contributed by atoms with E-state index < -0.39 is 0 Å². The van der Waals surface area contributed by atoms with E-state index >= 15 is 0 Å². The van der Waals surface area contributed by atoms with Crippen LogP contribution >= 0.6 is 11.6 Å². The van der Waals surface area contributed by atoms with Gasteiger partial charge < -0.3 is 9.47 Å². The smallest absolute Gasteiger partial charge is 0.223 e. The van der Waals surface area contributed by atoms with Crippen LogP contribution in [0, 0.1) is 0 Å². The zero-order valence-corrected chi connectivity index (χ0v) is 16.4. The van der Waals surface area contributed by atoms with Gasteiger partial charge in [0, 0.05) is 35.9 Å². The Bertz CT molecular complexity index is 718. The summed E-state index contributed by atoms with van der Waals surface area (Å²) in [5.41, 5.74) is 2.29. The van der Waals surface area contributed by atoms with E-state index in [0.717, 1.165) is 36.4 Å². The van der Waals surface area contributed by atoms with Crippen molar-refractivity contribution in [2.75, 3.05) is 0 Å². The Morgan fingerprint density at radius 3 is 2.65 bits per heavy atom. The van der Waals surface area contributed by atoms with Gasteiger partial charge in [0.15, 0.2) is 0 Å². The number of carbonyl (C=O) groups is 1. The number of hydrogen-bond donors (Lipinski definition) is 0. The molecule has 26 heavy (non-hydrogen) atoms. The second kappa shape index (κ2) is 9.27. The van der Waals surface area contributed by atoms with Crippen molar-refractivity contribution >= 4 is 17.5 Å². The Labute approximate surface area is 162 Å². The number of hydrogen-bond acceptors (Lipinski definition) is 1. The second-order valence-electron chi connectivity index (χ2n) is 7.28. The molecule has 0 unspecified atom stereocenters. The topological polar surface area (TPSA) is 25.2 Å². The standard InChI is InChI=1S/C22H29ClN2O/c1-2-9-22(26)25(19-11-4-3-5-12-19)17-20-13-8-15-24(20)16-18-10-6-7-14-21(18)23/h6-8,10,13-15,19H,2-5,9,11-12,16-17H2,1H3. The molecule has 1 aromatic heterocycles. The molecule has 1 saturated carbocycles. The highest BCUT2D eigenvalue weighted by atomic mass is 35.5. The van der Waals surface area contributed by atoms with Crippen LogP contribution in [0.15, 0.2) is 42.6 Å². The van der Waals surface area contributed by atoms with Crippen LogP contribution < -0.4 is 0 Å². The molecule has 0 aliphatic heterocycles.